The Morgan fingerprint density at radius 1 is 1.11 bits per heavy atom. The standard InChI is InChI=1S/C6H7NO.H3N/c8-7-6-4-2-1-3-5-6;/h1-5,7-8H;1H3/p+1. The second-order valence-electron chi connectivity index (χ2n) is 1.48. The third-order valence-corrected chi connectivity index (χ3v) is 0.903. The summed E-state index contributed by atoms with van der Waals surface area (Å²) >= 11 is 0. The predicted molar refractivity (Wildman–Crippen MR) is 37.8 cm³/mol. The van der Waals surface area contributed by atoms with Gasteiger partial charge < -0.3 is 6.15 Å². The fourth-order valence-corrected chi connectivity index (χ4v) is 0.513. The maximum atomic E-state index is 8.29. The van der Waals surface area contributed by atoms with E-state index in [-0.39, 0.29) is 6.15 Å². The number of benzene rings is 1. The van der Waals surface area contributed by atoms with Crippen molar-refractivity contribution in [2.75, 3.05) is 5.48 Å². The number of hydrogen-bond donors (Lipinski definition) is 3. The average Bonchev–Trinajstić information content (AvgIpc) is 1.90. The van der Waals surface area contributed by atoms with Crippen LogP contribution in [0.2, 0.25) is 0 Å². The minimum Gasteiger partial charge on any atom is -0.369 e. The largest absolute Gasteiger partial charge is 0.369 e. The SMILES string of the molecule is ONc1ccccc1.[NH4+]. The van der Waals surface area contributed by atoms with Crippen LogP contribution in [-0.4, -0.2) is 5.21 Å². The average molecular weight is 127 g/mol. The quantitative estimate of drug-likeness (QED) is 0.504. The lowest BCUT2D eigenvalue weighted by Gasteiger charge is -1.92. The van der Waals surface area contributed by atoms with Gasteiger partial charge in [-0.1, -0.05) is 18.2 Å². The zero-order valence-electron chi connectivity index (χ0n) is 5.33. The molecule has 0 atom stereocenters. The van der Waals surface area contributed by atoms with Gasteiger partial charge in [0, 0.05) is 0 Å². The second-order valence-corrected chi connectivity index (χ2v) is 1.48. The second kappa shape index (κ2) is 3.88. The zero-order chi connectivity index (χ0) is 5.82. The van der Waals surface area contributed by atoms with Crippen LogP contribution in [0, 0.1) is 0 Å². The summed E-state index contributed by atoms with van der Waals surface area (Å²) in [5.41, 5.74) is 2.74. The Kier molecular flexibility index (Phi) is 3.43. The van der Waals surface area contributed by atoms with Crippen LogP contribution in [0.1, 0.15) is 0 Å². The van der Waals surface area contributed by atoms with Gasteiger partial charge in [-0.05, 0) is 12.1 Å². The highest BCUT2D eigenvalue weighted by Crippen LogP contribution is 2.01. The Morgan fingerprint density at radius 2 is 1.67 bits per heavy atom. The molecule has 0 aromatic heterocycles. The molecular formula is C6H11N2O+. The van der Waals surface area contributed by atoms with E-state index in [1.54, 1.807) is 12.1 Å². The molecule has 6 N–H and O–H groups in total. The monoisotopic (exact) mass is 127 g/mol. The summed E-state index contributed by atoms with van der Waals surface area (Å²) in [7, 11) is 0. The fourth-order valence-electron chi connectivity index (χ4n) is 0.513. The van der Waals surface area contributed by atoms with Gasteiger partial charge in [0.25, 0.3) is 0 Å². The third kappa shape index (κ3) is 2.12. The molecule has 1 aromatic rings. The van der Waals surface area contributed by atoms with E-state index in [4.69, 9.17) is 5.21 Å². The lowest BCUT2D eigenvalue weighted by molar-refractivity contribution is 0.389. The van der Waals surface area contributed by atoms with Crippen molar-refractivity contribution in [2.45, 2.75) is 0 Å². The molecular weight excluding hydrogens is 116 g/mol. The summed E-state index contributed by atoms with van der Waals surface area (Å²) in [5.74, 6) is 0. The number of quaternary nitrogens is 1. The van der Waals surface area contributed by atoms with Crippen LogP contribution >= 0.6 is 0 Å². The summed E-state index contributed by atoms with van der Waals surface area (Å²) in [6, 6.07) is 9.14. The van der Waals surface area contributed by atoms with E-state index in [9.17, 15) is 0 Å². The number of hydrogen-bond acceptors (Lipinski definition) is 2. The van der Waals surface area contributed by atoms with Gasteiger partial charge >= 0.3 is 0 Å². The molecule has 50 valence electrons. The van der Waals surface area contributed by atoms with Crippen molar-refractivity contribution < 1.29 is 5.21 Å². The molecule has 0 spiro atoms. The highest BCUT2D eigenvalue weighted by Gasteiger charge is 1.79. The smallest absolute Gasteiger partial charge is 0.0602 e. The van der Waals surface area contributed by atoms with E-state index in [0.717, 1.165) is 0 Å². The van der Waals surface area contributed by atoms with E-state index in [1.807, 2.05) is 23.7 Å². The van der Waals surface area contributed by atoms with Crippen LogP contribution in [0.3, 0.4) is 0 Å². The molecule has 1 rings (SSSR count). The summed E-state index contributed by atoms with van der Waals surface area (Å²) in [5, 5.41) is 8.29. The van der Waals surface area contributed by atoms with Gasteiger partial charge in [0.05, 0.1) is 5.69 Å². The van der Waals surface area contributed by atoms with E-state index in [0.29, 0.717) is 5.69 Å². The summed E-state index contributed by atoms with van der Waals surface area (Å²) in [4.78, 5) is 0. The first kappa shape index (κ1) is 7.94. The van der Waals surface area contributed by atoms with Gasteiger partial charge in [-0.3, -0.25) is 10.7 Å². The normalized spacial score (nSPS) is 7.67. The molecule has 0 unspecified atom stereocenters. The van der Waals surface area contributed by atoms with Crippen molar-refractivity contribution in [3.8, 4) is 0 Å². The van der Waals surface area contributed by atoms with Crippen LogP contribution < -0.4 is 11.6 Å². The number of para-hydroxylation sites is 1. The highest BCUT2D eigenvalue weighted by atomic mass is 16.5. The van der Waals surface area contributed by atoms with Crippen LogP contribution in [0.25, 0.3) is 0 Å². The summed E-state index contributed by atoms with van der Waals surface area (Å²) in [6.07, 6.45) is 0. The van der Waals surface area contributed by atoms with Crippen LogP contribution in [0.5, 0.6) is 0 Å². The molecule has 9 heavy (non-hydrogen) atoms. The Hall–Kier alpha value is -1.06. The molecule has 3 heteroatoms. The van der Waals surface area contributed by atoms with Crippen LogP contribution in [0.15, 0.2) is 30.3 Å². The molecule has 0 aliphatic rings. The van der Waals surface area contributed by atoms with Crippen molar-refractivity contribution in [1.29, 1.82) is 0 Å². The molecule has 0 radical (unpaired) electrons. The maximum Gasteiger partial charge on any atom is 0.0602 e. The van der Waals surface area contributed by atoms with Crippen molar-refractivity contribution >= 4 is 5.69 Å². The Bertz CT molecular complexity index is 152. The number of rotatable bonds is 1. The minimum atomic E-state index is 0. The minimum absolute atomic E-state index is 0. The van der Waals surface area contributed by atoms with Gasteiger partial charge in [-0.2, -0.15) is 0 Å². The van der Waals surface area contributed by atoms with Crippen LogP contribution in [0.4, 0.5) is 5.69 Å². The van der Waals surface area contributed by atoms with Gasteiger partial charge in [-0.15, -0.1) is 0 Å². The van der Waals surface area contributed by atoms with Crippen molar-refractivity contribution in [2.24, 2.45) is 0 Å². The van der Waals surface area contributed by atoms with E-state index < -0.39 is 0 Å². The summed E-state index contributed by atoms with van der Waals surface area (Å²) < 4.78 is 0. The van der Waals surface area contributed by atoms with Gasteiger partial charge in [0.1, 0.15) is 0 Å². The van der Waals surface area contributed by atoms with Gasteiger partial charge in [-0.25, -0.2) is 0 Å². The van der Waals surface area contributed by atoms with Crippen molar-refractivity contribution in [3.63, 3.8) is 0 Å². The highest BCUT2D eigenvalue weighted by molar-refractivity contribution is 5.39. The van der Waals surface area contributed by atoms with Crippen molar-refractivity contribution in [1.82, 2.24) is 6.15 Å². The first-order valence-corrected chi connectivity index (χ1v) is 2.38. The maximum absolute atomic E-state index is 8.29. The van der Waals surface area contributed by atoms with Crippen LogP contribution in [-0.2, 0) is 0 Å². The Morgan fingerprint density at radius 3 is 2.00 bits per heavy atom. The summed E-state index contributed by atoms with van der Waals surface area (Å²) in [6.45, 7) is 0. The fraction of sp³-hybridized carbons (Fsp3) is 0. The Balaban J connectivity index is 0.000000640. The zero-order valence-corrected chi connectivity index (χ0v) is 5.33. The van der Waals surface area contributed by atoms with Gasteiger partial charge in [0.2, 0.25) is 0 Å². The number of anilines is 1. The molecule has 0 fully saturated rings. The predicted octanol–water partition coefficient (Wildman–Crippen LogP) is 1.86. The Labute approximate surface area is 53.9 Å². The molecule has 0 saturated carbocycles. The molecule has 0 amide bonds. The van der Waals surface area contributed by atoms with E-state index >= 15 is 0 Å². The molecule has 0 bridgehead atoms. The number of nitrogens with one attached hydrogen (secondary N) is 1. The first-order valence-electron chi connectivity index (χ1n) is 2.38. The van der Waals surface area contributed by atoms with E-state index in [1.165, 1.54) is 0 Å². The van der Waals surface area contributed by atoms with Crippen molar-refractivity contribution in [3.05, 3.63) is 30.3 Å². The lowest BCUT2D eigenvalue weighted by atomic mass is 10.3. The molecule has 0 saturated heterocycles. The topological polar surface area (TPSA) is 68.8 Å². The van der Waals surface area contributed by atoms with Gasteiger partial charge in [0.15, 0.2) is 0 Å². The molecule has 3 nitrogen and oxygen atoms in total. The molecule has 1 aromatic carbocycles. The lowest BCUT2D eigenvalue weighted by Crippen LogP contribution is -1.85. The third-order valence-electron chi connectivity index (χ3n) is 0.903. The molecule has 0 aliphatic heterocycles. The van der Waals surface area contributed by atoms with E-state index in [2.05, 4.69) is 0 Å². The first-order chi connectivity index (χ1) is 3.93. The molecule has 0 aliphatic carbocycles. The molecule has 0 heterocycles.